The first-order chi connectivity index (χ1) is 14.4. The van der Waals surface area contributed by atoms with Crippen molar-refractivity contribution in [1.82, 2.24) is 0 Å². The fourth-order valence-electron chi connectivity index (χ4n) is 4.97. The van der Waals surface area contributed by atoms with Crippen LogP contribution in [0.4, 0.5) is 0 Å². The summed E-state index contributed by atoms with van der Waals surface area (Å²) in [6.45, 7) is 5.49. The Morgan fingerprint density at radius 3 is 2.48 bits per heavy atom. The quantitative estimate of drug-likeness (QED) is 0.286. The summed E-state index contributed by atoms with van der Waals surface area (Å²) in [7, 11) is 0. The van der Waals surface area contributed by atoms with Crippen LogP contribution in [0.1, 0.15) is 41.3 Å². The van der Waals surface area contributed by atoms with Crippen LogP contribution in [0.2, 0.25) is 0 Å². The molecule has 1 aromatic carbocycles. The van der Waals surface area contributed by atoms with Crippen LogP contribution in [-0.4, -0.2) is 43.5 Å². The number of amides is 1. The van der Waals surface area contributed by atoms with Crippen molar-refractivity contribution in [3.63, 3.8) is 0 Å². The van der Waals surface area contributed by atoms with Crippen molar-refractivity contribution in [3.8, 4) is 5.75 Å². The lowest BCUT2D eigenvalue weighted by Gasteiger charge is -2.45. The lowest BCUT2D eigenvalue weighted by Crippen LogP contribution is -2.57. The highest BCUT2D eigenvalue weighted by molar-refractivity contribution is 14.1. The second-order valence-electron chi connectivity index (χ2n) is 8.30. The highest BCUT2D eigenvalue weighted by atomic mass is 127. The van der Waals surface area contributed by atoms with Crippen molar-refractivity contribution in [2.75, 3.05) is 0 Å². The zero-order valence-electron chi connectivity index (χ0n) is 16.5. The number of fused-ring (bicyclic) bond motifs is 3. The van der Waals surface area contributed by atoms with Crippen LogP contribution in [0.5, 0.6) is 5.75 Å². The van der Waals surface area contributed by atoms with Crippen molar-refractivity contribution < 1.29 is 34.8 Å². The SMILES string of the molecule is C=C(C)c1cc(I)c2c(c1O)C(=O)C1=C(O)[C@]3(O)C(=O)C(C(N)=O)=C(O)CC3C[C@@H]1C2. The van der Waals surface area contributed by atoms with Crippen molar-refractivity contribution in [1.29, 1.82) is 0 Å². The molecule has 3 aliphatic rings. The van der Waals surface area contributed by atoms with Crippen LogP contribution in [0.25, 0.3) is 5.57 Å². The van der Waals surface area contributed by atoms with Gasteiger partial charge in [0.15, 0.2) is 11.4 Å². The topological polar surface area (TPSA) is 158 Å². The number of ketones is 2. The van der Waals surface area contributed by atoms with E-state index in [4.69, 9.17) is 5.73 Å². The van der Waals surface area contributed by atoms with Gasteiger partial charge >= 0.3 is 0 Å². The summed E-state index contributed by atoms with van der Waals surface area (Å²) < 4.78 is 0.745. The van der Waals surface area contributed by atoms with Crippen LogP contribution >= 0.6 is 22.6 Å². The molecule has 162 valence electrons. The Bertz CT molecular complexity index is 1180. The number of phenolic OH excluding ortho intramolecular Hbond substituents is 1. The number of hydrogen-bond acceptors (Lipinski definition) is 7. The molecule has 0 radical (unpaired) electrons. The second-order valence-corrected chi connectivity index (χ2v) is 9.46. The van der Waals surface area contributed by atoms with Gasteiger partial charge in [-0.1, -0.05) is 6.58 Å². The zero-order valence-corrected chi connectivity index (χ0v) is 18.7. The third kappa shape index (κ3) is 2.79. The summed E-state index contributed by atoms with van der Waals surface area (Å²) in [4.78, 5) is 38.0. The van der Waals surface area contributed by atoms with Gasteiger partial charge in [-0.05, 0) is 65.5 Å². The standard InChI is InChI=1S/C22H20INO7/c1-7(2)10-6-12(23)11-4-8-3-9-5-13(25)16(21(24)30)20(29)22(9,31)19(28)14(8)18(27)15(11)17(10)26/h6,8-9,25-26,28,31H,1,3-5H2,2H3,(H2,24,30)/t8-,9?,22+/m1/s1. The second kappa shape index (κ2) is 6.92. The average Bonchev–Trinajstić information content (AvgIpc) is 2.66. The van der Waals surface area contributed by atoms with E-state index in [1.54, 1.807) is 13.0 Å². The van der Waals surface area contributed by atoms with Gasteiger partial charge in [0, 0.05) is 27.0 Å². The van der Waals surface area contributed by atoms with E-state index in [1.807, 2.05) is 0 Å². The summed E-state index contributed by atoms with van der Waals surface area (Å²) in [6.07, 6.45) is 0.158. The minimum Gasteiger partial charge on any atom is -0.511 e. The maximum Gasteiger partial charge on any atom is 0.255 e. The van der Waals surface area contributed by atoms with Gasteiger partial charge in [-0.3, -0.25) is 14.4 Å². The number of aromatic hydroxyl groups is 1. The third-order valence-electron chi connectivity index (χ3n) is 6.47. The zero-order chi connectivity index (χ0) is 23.0. The largest absolute Gasteiger partial charge is 0.511 e. The minimum absolute atomic E-state index is 0.00141. The smallest absolute Gasteiger partial charge is 0.255 e. The van der Waals surface area contributed by atoms with Crippen molar-refractivity contribution in [3.05, 3.63) is 55.6 Å². The average molecular weight is 537 g/mol. The molecule has 0 heterocycles. The highest BCUT2D eigenvalue weighted by Crippen LogP contribution is 2.52. The van der Waals surface area contributed by atoms with Gasteiger partial charge in [-0.25, -0.2) is 0 Å². The van der Waals surface area contributed by atoms with E-state index in [1.165, 1.54) is 0 Å². The molecule has 6 N–H and O–H groups in total. The highest BCUT2D eigenvalue weighted by Gasteiger charge is 2.59. The number of halogens is 1. The predicted molar refractivity (Wildman–Crippen MR) is 118 cm³/mol. The molecule has 3 atom stereocenters. The number of Topliss-reactive ketones (excluding diaryl/α,β-unsaturated/α-hetero) is 2. The van der Waals surface area contributed by atoms with E-state index in [2.05, 4.69) is 29.2 Å². The number of hydrogen-bond donors (Lipinski definition) is 5. The monoisotopic (exact) mass is 537 g/mol. The summed E-state index contributed by atoms with van der Waals surface area (Å²) in [5, 5.41) is 43.1. The van der Waals surface area contributed by atoms with Crippen molar-refractivity contribution in [2.24, 2.45) is 17.6 Å². The number of aliphatic hydroxyl groups is 3. The molecule has 0 fully saturated rings. The number of carbonyl (C=O) groups is 3. The number of nitrogens with two attached hydrogens (primary N) is 1. The van der Waals surface area contributed by atoms with E-state index >= 15 is 0 Å². The number of aliphatic hydroxyl groups excluding tert-OH is 2. The number of carbonyl (C=O) groups excluding carboxylic acids is 3. The first kappa shape index (κ1) is 21.6. The first-order valence-corrected chi connectivity index (χ1v) is 10.7. The van der Waals surface area contributed by atoms with Gasteiger partial charge in [-0.2, -0.15) is 0 Å². The van der Waals surface area contributed by atoms with Crippen molar-refractivity contribution in [2.45, 2.75) is 31.8 Å². The Balaban J connectivity index is 1.94. The molecule has 1 amide bonds. The normalized spacial score (nSPS) is 27.6. The van der Waals surface area contributed by atoms with Crippen LogP contribution in [-0.2, 0) is 16.0 Å². The molecule has 0 saturated carbocycles. The fourth-order valence-corrected chi connectivity index (χ4v) is 5.77. The molecule has 0 aromatic heterocycles. The Morgan fingerprint density at radius 1 is 1.26 bits per heavy atom. The maximum absolute atomic E-state index is 13.4. The lowest BCUT2D eigenvalue weighted by atomic mass is 9.60. The minimum atomic E-state index is -2.55. The molecule has 0 bridgehead atoms. The Labute approximate surface area is 190 Å². The Kier molecular flexibility index (Phi) is 4.82. The molecular weight excluding hydrogens is 517 g/mol. The van der Waals surface area contributed by atoms with E-state index in [0.717, 1.165) is 3.57 Å². The summed E-state index contributed by atoms with van der Waals surface area (Å²) >= 11 is 2.07. The lowest BCUT2D eigenvalue weighted by molar-refractivity contribution is -0.144. The molecule has 4 rings (SSSR count). The number of rotatable bonds is 2. The summed E-state index contributed by atoms with van der Waals surface area (Å²) in [5.41, 5.74) is 3.22. The Hall–Kier alpha value is -2.66. The summed E-state index contributed by atoms with van der Waals surface area (Å²) in [6, 6.07) is 1.73. The van der Waals surface area contributed by atoms with Gasteiger partial charge in [0.2, 0.25) is 5.78 Å². The first-order valence-electron chi connectivity index (χ1n) is 9.58. The van der Waals surface area contributed by atoms with E-state index in [-0.39, 0.29) is 36.1 Å². The maximum atomic E-state index is 13.4. The van der Waals surface area contributed by atoms with Gasteiger partial charge in [0.05, 0.1) is 5.56 Å². The number of allylic oxidation sites excluding steroid dienone is 3. The van der Waals surface area contributed by atoms with E-state index in [0.29, 0.717) is 16.7 Å². The summed E-state index contributed by atoms with van der Waals surface area (Å²) in [5.74, 6) is -6.29. The molecule has 0 aliphatic heterocycles. The van der Waals surface area contributed by atoms with Gasteiger partial charge in [-0.15, -0.1) is 0 Å². The molecular formula is C22H20INO7. The molecule has 8 nitrogen and oxygen atoms in total. The Morgan fingerprint density at radius 2 is 1.90 bits per heavy atom. The van der Waals surface area contributed by atoms with Crippen LogP contribution in [0.15, 0.2) is 35.3 Å². The number of primary amides is 1. The molecule has 31 heavy (non-hydrogen) atoms. The van der Waals surface area contributed by atoms with Gasteiger partial charge in [0.25, 0.3) is 5.91 Å². The molecule has 9 heteroatoms. The molecule has 0 saturated heterocycles. The van der Waals surface area contributed by atoms with Gasteiger partial charge < -0.3 is 26.2 Å². The predicted octanol–water partition coefficient (Wildman–Crippen LogP) is 2.22. The fraction of sp³-hybridized carbons (Fsp3) is 0.318. The van der Waals surface area contributed by atoms with Crippen LogP contribution in [0.3, 0.4) is 0 Å². The van der Waals surface area contributed by atoms with Crippen molar-refractivity contribution >= 4 is 45.6 Å². The molecule has 1 aromatic rings. The van der Waals surface area contributed by atoms with Crippen LogP contribution < -0.4 is 5.73 Å². The van der Waals surface area contributed by atoms with E-state index in [9.17, 15) is 34.8 Å². The third-order valence-corrected chi connectivity index (χ3v) is 7.43. The number of benzene rings is 1. The van der Waals surface area contributed by atoms with Gasteiger partial charge in [0.1, 0.15) is 22.8 Å². The molecule has 3 aliphatic carbocycles. The number of phenols is 1. The molecule has 0 spiro atoms. The van der Waals surface area contributed by atoms with E-state index < -0.39 is 52.0 Å². The molecule has 1 unspecified atom stereocenters. The van der Waals surface area contributed by atoms with Crippen LogP contribution in [0, 0.1) is 15.4 Å².